The largest absolute Gasteiger partial charge is 0.487 e. The number of ether oxygens (including phenoxy) is 1. The molecule has 1 aliphatic heterocycles. The third-order valence-corrected chi connectivity index (χ3v) is 7.28. The van der Waals surface area contributed by atoms with E-state index in [0.29, 0.717) is 37.6 Å². The number of benzene rings is 3. The predicted molar refractivity (Wildman–Crippen MR) is 145 cm³/mol. The quantitative estimate of drug-likeness (QED) is 0.280. The molecule has 1 fully saturated rings. The lowest BCUT2D eigenvalue weighted by Gasteiger charge is -2.13. The van der Waals surface area contributed by atoms with Crippen molar-refractivity contribution in [2.75, 3.05) is 11.9 Å². The Labute approximate surface area is 227 Å². The molecule has 6 nitrogen and oxygen atoms in total. The molecule has 0 atom stereocenters. The number of carbonyl (C=O) groups is 3. The summed E-state index contributed by atoms with van der Waals surface area (Å²) in [6.45, 7) is -0.0145. The maximum atomic E-state index is 12.8. The van der Waals surface area contributed by atoms with Gasteiger partial charge in [0.1, 0.15) is 18.9 Å². The van der Waals surface area contributed by atoms with E-state index in [0.717, 1.165) is 22.2 Å². The summed E-state index contributed by atoms with van der Waals surface area (Å²) in [6, 6.07) is 20.1. The van der Waals surface area contributed by atoms with E-state index >= 15 is 0 Å². The van der Waals surface area contributed by atoms with Crippen LogP contribution < -0.4 is 10.1 Å². The molecule has 0 unspecified atom stereocenters. The lowest BCUT2D eigenvalue weighted by atomic mass is 10.2. The number of nitrogens with one attached hydrogen (secondary N) is 1. The van der Waals surface area contributed by atoms with Gasteiger partial charge in [0.15, 0.2) is 0 Å². The van der Waals surface area contributed by atoms with Gasteiger partial charge in [-0.1, -0.05) is 54.1 Å². The van der Waals surface area contributed by atoms with Crippen LogP contribution >= 0.6 is 55.2 Å². The summed E-state index contributed by atoms with van der Waals surface area (Å²) in [5.41, 5.74) is 2.12. The Balaban J connectivity index is 1.44. The van der Waals surface area contributed by atoms with Crippen molar-refractivity contribution < 1.29 is 19.1 Å². The van der Waals surface area contributed by atoms with E-state index in [9.17, 15) is 14.4 Å². The molecule has 178 valence electrons. The third kappa shape index (κ3) is 6.35. The molecule has 3 amide bonds. The zero-order valence-electron chi connectivity index (χ0n) is 18.0. The van der Waals surface area contributed by atoms with E-state index in [4.69, 9.17) is 16.3 Å². The lowest BCUT2D eigenvalue weighted by molar-refractivity contribution is -0.127. The molecular formula is C25H17Br2ClN2O4S. The summed E-state index contributed by atoms with van der Waals surface area (Å²) < 4.78 is 7.31. The van der Waals surface area contributed by atoms with Crippen LogP contribution in [0.25, 0.3) is 6.08 Å². The van der Waals surface area contributed by atoms with Crippen molar-refractivity contribution in [1.29, 1.82) is 0 Å². The van der Waals surface area contributed by atoms with Gasteiger partial charge in [0.25, 0.3) is 11.1 Å². The van der Waals surface area contributed by atoms with E-state index in [-0.39, 0.29) is 4.91 Å². The molecule has 0 bridgehead atoms. The van der Waals surface area contributed by atoms with Gasteiger partial charge >= 0.3 is 0 Å². The SMILES string of the molecule is O=C(CN1C(=O)S/C(=C/c2cc(Br)c(OCc3ccccc3)c(Br)c2)C1=O)Nc1ccccc1Cl. The Kier molecular flexibility index (Phi) is 8.33. The van der Waals surface area contributed by atoms with E-state index in [1.165, 1.54) is 0 Å². The molecule has 1 heterocycles. The van der Waals surface area contributed by atoms with Gasteiger partial charge in [-0.3, -0.25) is 19.3 Å². The minimum Gasteiger partial charge on any atom is -0.487 e. The zero-order valence-corrected chi connectivity index (χ0v) is 22.7. The maximum Gasteiger partial charge on any atom is 0.294 e. The van der Waals surface area contributed by atoms with Gasteiger partial charge in [0.05, 0.1) is 24.6 Å². The van der Waals surface area contributed by atoms with Crippen molar-refractivity contribution in [2.45, 2.75) is 6.61 Å². The highest BCUT2D eigenvalue weighted by molar-refractivity contribution is 9.11. The number of rotatable bonds is 7. The number of nitrogens with zero attached hydrogens (tertiary/aromatic N) is 1. The monoisotopic (exact) mass is 634 g/mol. The highest BCUT2D eigenvalue weighted by atomic mass is 79.9. The van der Waals surface area contributed by atoms with Gasteiger partial charge in [0, 0.05) is 0 Å². The van der Waals surface area contributed by atoms with Gasteiger partial charge in [-0.2, -0.15) is 0 Å². The molecule has 1 N–H and O–H groups in total. The van der Waals surface area contributed by atoms with E-state index in [1.54, 1.807) is 42.5 Å². The first-order valence-electron chi connectivity index (χ1n) is 10.3. The number of para-hydroxylation sites is 1. The lowest BCUT2D eigenvalue weighted by Crippen LogP contribution is -2.36. The maximum absolute atomic E-state index is 12.8. The number of hydrogen-bond acceptors (Lipinski definition) is 5. The fourth-order valence-corrected chi connectivity index (χ4v) is 5.69. The molecule has 0 spiro atoms. The van der Waals surface area contributed by atoms with Crippen LogP contribution in [0.3, 0.4) is 0 Å². The highest BCUT2D eigenvalue weighted by Gasteiger charge is 2.36. The predicted octanol–water partition coefficient (Wildman–Crippen LogP) is 7.12. The Bertz CT molecular complexity index is 1310. The zero-order chi connectivity index (χ0) is 24.9. The van der Waals surface area contributed by atoms with Crippen LogP contribution in [0, 0.1) is 0 Å². The Morgan fingerprint density at radius 1 is 1.03 bits per heavy atom. The molecular weight excluding hydrogens is 620 g/mol. The highest BCUT2D eigenvalue weighted by Crippen LogP contribution is 2.38. The van der Waals surface area contributed by atoms with E-state index in [1.807, 2.05) is 30.3 Å². The van der Waals surface area contributed by atoms with Crippen molar-refractivity contribution in [3.05, 3.63) is 96.7 Å². The molecule has 1 saturated heterocycles. The Morgan fingerprint density at radius 3 is 2.37 bits per heavy atom. The third-order valence-electron chi connectivity index (χ3n) is 4.87. The molecule has 3 aromatic rings. The van der Waals surface area contributed by atoms with Crippen LogP contribution in [0.1, 0.15) is 11.1 Å². The number of halogens is 3. The van der Waals surface area contributed by atoms with Crippen molar-refractivity contribution in [3.63, 3.8) is 0 Å². The molecule has 10 heteroatoms. The summed E-state index contributed by atoms with van der Waals surface area (Å²) >= 11 is 13.9. The van der Waals surface area contributed by atoms with Crippen LogP contribution in [0.5, 0.6) is 5.75 Å². The van der Waals surface area contributed by atoms with Crippen molar-refractivity contribution in [3.8, 4) is 5.75 Å². The molecule has 3 aromatic carbocycles. The summed E-state index contributed by atoms with van der Waals surface area (Å²) in [4.78, 5) is 38.8. The number of hydrogen-bond donors (Lipinski definition) is 1. The number of imide groups is 1. The van der Waals surface area contributed by atoms with E-state index < -0.39 is 23.6 Å². The molecule has 0 aliphatic carbocycles. The summed E-state index contributed by atoms with van der Waals surface area (Å²) in [6.07, 6.45) is 1.60. The molecule has 35 heavy (non-hydrogen) atoms. The molecule has 0 saturated carbocycles. The van der Waals surface area contributed by atoms with Crippen LogP contribution in [-0.4, -0.2) is 28.5 Å². The number of thioether (sulfide) groups is 1. The standard InChI is InChI=1S/C25H17Br2ClN2O4S/c26-17-10-16(11-18(27)23(17)34-14-15-6-2-1-3-7-15)12-21-24(32)30(25(33)35-21)13-22(31)29-20-9-5-4-8-19(20)28/h1-12H,13-14H2,(H,29,31)/b21-12+. The first kappa shape index (κ1) is 25.5. The van der Waals surface area contributed by atoms with Crippen molar-refractivity contribution in [2.24, 2.45) is 0 Å². The number of amides is 3. The van der Waals surface area contributed by atoms with Gasteiger partial charge in [-0.15, -0.1) is 0 Å². The average molecular weight is 637 g/mol. The fourth-order valence-electron chi connectivity index (χ4n) is 3.21. The van der Waals surface area contributed by atoms with Crippen LogP contribution in [0.15, 0.2) is 80.6 Å². The molecule has 0 aromatic heterocycles. The molecule has 0 radical (unpaired) electrons. The van der Waals surface area contributed by atoms with Crippen molar-refractivity contribution in [1.82, 2.24) is 4.90 Å². The minimum atomic E-state index is -0.536. The number of anilines is 1. The fraction of sp³-hybridized carbons (Fsp3) is 0.0800. The number of carbonyl (C=O) groups excluding carboxylic acids is 3. The minimum absolute atomic E-state index is 0.220. The van der Waals surface area contributed by atoms with Crippen LogP contribution in [0.2, 0.25) is 5.02 Å². The molecule has 1 aliphatic rings. The summed E-state index contributed by atoms with van der Waals surface area (Å²) in [7, 11) is 0. The van der Waals surface area contributed by atoms with Gasteiger partial charge in [-0.05, 0) is 85.1 Å². The van der Waals surface area contributed by atoms with Crippen molar-refractivity contribution >= 4 is 84.0 Å². The molecule has 4 rings (SSSR count). The average Bonchev–Trinajstić information content (AvgIpc) is 3.08. The van der Waals surface area contributed by atoms with E-state index in [2.05, 4.69) is 37.2 Å². The van der Waals surface area contributed by atoms with Gasteiger partial charge in [0.2, 0.25) is 5.91 Å². The first-order chi connectivity index (χ1) is 16.8. The van der Waals surface area contributed by atoms with Crippen LogP contribution in [0.4, 0.5) is 10.5 Å². The Morgan fingerprint density at radius 2 is 1.69 bits per heavy atom. The summed E-state index contributed by atoms with van der Waals surface area (Å²) in [5.74, 6) is -0.437. The second kappa shape index (κ2) is 11.4. The van der Waals surface area contributed by atoms with Crippen LogP contribution in [-0.2, 0) is 16.2 Å². The Hall–Kier alpha value is -2.59. The second-order valence-electron chi connectivity index (χ2n) is 7.38. The first-order valence-corrected chi connectivity index (χ1v) is 13.1. The van der Waals surface area contributed by atoms with Gasteiger partial charge < -0.3 is 10.1 Å². The second-order valence-corrected chi connectivity index (χ2v) is 10.5. The topological polar surface area (TPSA) is 75.7 Å². The normalized spacial score (nSPS) is 14.5. The van der Waals surface area contributed by atoms with Gasteiger partial charge in [-0.25, -0.2) is 0 Å². The smallest absolute Gasteiger partial charge is 0.294 e. The summed E-state index contributed by atoms with van der Waals surface area (Å²) in [5, 5.41) is 2.46.